The van der Waals surface area contributed by atoms with E-state index in [1.165, 1.54) is 4.90 Å². The normalized spacial score (nSPS) is 23.8. The fourth-order valence-corrected chi connectivity index (χ4v) is 2.41. The Morgan fingerprint density at radius 3 is 2.16 bits per heavy atom. The number of nitrogens with one attached hydrogen (secondary N) is 1. The molecule has 1 aliphatic carbocycles. The van der Waals surface area contributed by atoms with Crippen LogP contribution in [0.15, 0.2) is 0 Å². The number of carbonyl (C=O) groups excluding carboxylic acids is 1. The Hall–Kier alpha value is -1.26. The lowest BCUT2D eigenvalue weighted by Gasteiger charge is -2.36. The van der Waals surface area contributed by atoms with Crippen molar-refractivity contribution in [3.05, 3.63) is 0 Å². The van der Waals surface area contributed by atoms with Gasteiger partial charge in [-0.1, -0.05) is 6.92 Å². The molecule has 1 aliphatic rings. The van der Waals surface area contributed by atoms with Gasteiger partial charge in [-0.15, -0.1) is 0 Å². The highest BCUT2D eigenvalue weighted by atomic mass is 16.4. The van der Waals surface area contributed by atoms with Crippen LogP contribution in [0, 0.1) is 5.92 Å². The summed E-state index contributed by atoms with van der Waals surface area (Å²) in [6, 6.07) is -0.0863. The van der Waals surface area contributed by atoms with Crippen LogP contribution >= 0.6 is 0 Å². The Morgan fingerprint density at radius 2 is 1.74 bits per heavy atom. The van der Waals surface area contributed by atoms with Crippen molar-refractivity contribution in [1.82, 2.24) is 10.2 Å². The van der Waals surface area contributed by atoms with Crippen LogP contribution in [0.4, 0.5) is 4.79 Å². The molecule has 1 fully saturated rings. The molecule has 0 aromatic rings. The van der Waals surface area contributed by atoms with Gasteiger partial charge in [-0.2, -0.15) is 0 Å². The van der Waals surface area contributed by atoms with Crippen LogP contribution < -0.4 is 5.32 Å². The third-order valence-corrected chi connectivity index (χ3v) is 3.69. The summed E-state index contributed by atoms with van der Waals surface area (Å²) in [4.78, 5) is 24.5. The van der Waals surface area contributed by atoms with Crippen LogP contribution in [-0.4, -0.2) is 40.1 Å². The monoisotopic (exact) mass is 270 g/mol. The van der Waals surface area contributed by atoms with E-state index in [9.17, 15) is 9.59 Å². The van der Waals surface area contributed by atoms with E-state index in [-0.39, 0.29) is 18.6 Å². The van der Waals surface area contributed by atoms with E-state index in [2.05, 4.69) is 12.2 Å². The first-order valence-electron chi connectivity index (χ1n) is 7.00. The number of rotatable bonds is 3. The molecule has 5 heteroatoms. The second-order valence-corrected chi connectivity index (χ2v) is 6.56. The van der Waals surface area contributed by atoms with Crippen molar-refractivity contribution in [2.45, 2.75) is 65.0 Å². The Labute approximate surface area is 115 Å². The molecule has 0 aromatic carbocycles. The summed E-state index contributed by atoms with van der Waals surface area (Å²) < 4.78 is 0. The van der Waals surface area contributed by atoms with Crippen molar-refractivity contribution in [2.24, 2.45) is 5.92 Å². The molecule has 0 radical (unpaired) electrons. The van der Waals surface area contributed by atoms with Gasteiger partial charge >= 0.3 is 12.0 Å². The minimum Gasteiger partial charge on any atom is -0.480 e. The molecule has 110 valence electrons. The van der Waals surface area contributed by atoms with Gasteiger partial charge in [-0.3, -0.25) is 4.79 Å². The van der Waals surface area contributed by atoms with E-state index in [1.807, 2.05) is 20.8 Å². The number of urea groups is 1. The van der Waals surface area contributed by atoms with Gasteiger partial charge in [0.15, 0.2) is 0 Å². The Bertz CT molecular complexity index is 328. The topological polar surface area (TPSA) is 69.6 Å². The largest absolute Gasteiger partial charge is 0.480 e. The number of carboxylic acid groups (broad SMARTS) is 1. The van der Waals surface area contributed by atoms with Gasteiger partial charge in [0.25, 0.3) is 0 Å². The molecule has 0 unspecified atom stereocenters. The number of nitrogens with zero attached hydrogens (tertiary/aromatic N) is 1. The molecular formula is C14H26N2O3. The van der Waals surface area contributed by atoms with E-state index in [1.54, 1.807) is 0 Å². The minimum absolute atomic E-state index is 0.183. The third-order valence-electron chi connectivity index (χ3n) is 3.69. The third kappa shape index (κ3) is 5.09. The van der Waals surface area contributed by atoms with Crippen molar-refractivity contribution in [3.8, 4) is 0 Å². The van der Waals surface area contributed by atoms with Gasteiger partial charge in [0.1, 0.15) is 6.54 Å². The van der Waals surface area contributed by atoms with Gasteiger partial charge in [0.05, 0.1) is 0 Å². The van der Waals surface area contributed by atoms with Crippen molar-refractivity contribution in [2.75, 3.05) is 6.54 Å². The zero-order valence-electron chi connectivity index (χ0n) is 12.4. The van der Waals surface area contributed by atoms with Crippen LogP contribution in [0.2, 0.25) is 0 Å². The van der Waals surface area contributed by atoms with Gasteiger partial charge in [-0.05, 0) is 52.4 Å². The Balaban J connectivity index is 2.59. The molecule has 1 saturated carbocycles. The molecule has 2 N–H and O–H groups in total. The number of hydrogen-bond donors (Lipinski definition) is 2. The number of hydrogen-bond acceptors (Lipinski definition) is 2. The van der Waals surface area contributed by atoms with Gasteiger partial charge in [-0.25, -0.2) is 4.79 Å². The van der Waals surface area contributed by atoms with Crippen LogP contribution in [-0.2, 0) is 4.79 Å². The first-order valence-corrected chi connectivity index (χ1v) is 7.00. The molecule has 2 amide bonds. The van der Waals surface area contributed by atoms with E-state index in [0.717, 1.165) is 31.6 Å². The van der Waals surface area contributed by atoms with Gasteiger partial charge in [0, 0.05) is 11.6 Å². The molecule has 0 spiro atoms. The predicted octanol–water partition coefficient (Wildman–Crippen LogP) is 2.46. The maximum atomic E-state index is 12.2. The van der Waals surface area contributed by atoms with Crippen LogP contribution in [0.1, 0.15) is 53.4 Å². The average Bonchev–Trinajstić information content (AvgIpc) is 2.27. The second-order valence-electron chi connectivity index (χ2n) is 6.56. The smallest absolute Gasteiger partial charge is 0.323 e. The summed E-state index contributed by atoms with van der Waals surface area (Å²) in [7, 11) is 0. The first-order chi connectivity index (χ1) is 8.70. The molecule has 1 rings (SSSR count). The molecule has 5 nitrogen and oxygen atoms in total. The lowest BCUT2D eigenvalue weighted by molar-refractivity contribution is -0.138. The van der Waals surface area contributed by atoms with E-state index in [0.29, 0.717) is 0 Å². The van der Waals surface area contributed by atoms with Crippen molar-refractivity contribution < 1.29 is 14.7 Å². The highest BCUT2D eigenvalue weighted by molar-refractivity contribution is 5.81. The summed E-state index contributed by atoms with van der Waals surface area (Å²) >= 11 is 0. The summed E-state index contributed by atoms with van der Waals surface area (Å²) in [5, 5.41) is 11.9. The number of carboxylic acids is 1. The Morgan fingerprint density at radius 1 is 1.21 bits per heavy atom. The van der Waals surface area contributed by atoms with E-state index < -0.39 is 11.5 Å². The molecule has 0 atom stereocenters. The summed E-state index contributed by atoms with van der Waals surface area (Å²) in [6.45, 7) is 7.50. The molecule has 0 heterocycles. The maximum absolute atomic E-state index is 12.2. The predicted molar refractivity (Wildman–Crippen MR) is 74.0 cm³/mol. The molecular weight excluding hydrogens is 244 g/mol. The lowest BCUT2D eigenvalue weighted by Crippen LogP contribution is -2.54. The zero-order valence-corrected chi connectivity index (χ0v) is 12.4. The van der Waals surface area contributed by atoms with Crippen LogP contribution in [0.3, 0.4) is 0 Å². The minimum atomic E-state index is -0.984. The number of carbonyl (C=O) groups is 2. The second kappa shape index (κ2) is 6.26. The highest BCUT2D eigenvalue weighted by Gasteiger charge is 2.30. The molecule has 0 aliphatic heterocycles. The van der Waals surface area contributed by atoms with Crippen molar-refractivity contribution >= 4 is 12.0 Å². The number of aliphatic carboxylic acids is 1. The number of amides is 2. The van der Waals surface area contributed by atoms with E-state index in [4.69, 9.17) is 5.11 Å². The average molecular weight is 270 g/mol. The molecule has 0 aromatic heterocycles. The highest BCUT2D eigenvalue weighted by Crippen LogP contribution is 2.24. The standard InChI is InChI=1S/C14H26N2O3/c1-10-5-7-11(8-6-10)15-13(19)16(9-12(17)18)14(2,3)4/h10-11H,5-9H2,1-4H3,(H,15,19)(H,17,18). The first kappa shape index (κ1) is 15.8. The molecule has 0 saturated heterocycles. The summed E-state index contributed by atoms with van der Waals surface area (Å²) in [5.74, 6) is -0.256. The lowest BCUT2D eigenvalue weighted by atomic mass is 9.87. The van der Waals surface area contributed by atoms with Crippen molar-refractivity contribution in [1.29, 1.82) is 0 Å². The summed E-state index contributed by atoms with van der Waals surface area (Å²) in [6.07, 6.45) is 4.22. The van der Waals surface area contributed by atoms with Gasteiger partial charge < -0.3 is 15.3 Å². The zero-order chi connectivity index (χ0) is 14.6. The van der Waals surface area contributed by atoms with Crippen molar-refractivity contribution in [3.63, 3.8) is 0 Å². The molecule has 0 bridgehead atoms. The fourth-order valence-electron chi connectivity index (χ4n) is 2.41. The molecule has 19 heavy (non-hydrogen) atoms. The van der Waals surface area contributed by atoms with Gasteiger partial charge in [0.2, 0.25) is 0 Å². The fraction of sp³-hybridized carbons (Fsp3) is 0.857. The Kier molecular flexibility index (Phi) is 5.20. The van der Waals surface area contributed by atoms with Crippen LogP contribution in [0.5, 0.6) is 0 Å². The van der Waals surface area contributed by atoms with E-state index >= 15 is 0 Å². The SMILES string of the molecule is CC1CCC(NC(=O)N(CC(=O)O)C(C)(C)C)CC1. The quantitative estimate of drug-likeness (QED) is 0.827. The van der Waals surface area contributed by atoms with Crippen LogP contribution in [0.25, 0.3) is 0 Å². The maximum Gasteiger partial charge on any atom is 0.323 e. The summed E-state index contributed by atoms with van der Waals surface area (Å²) in [5.41, 5.74) is -0.496.